The third-order valence-electron chi connectivity index (χ3n) is 4.71. The molecule has 1 saturated heterocycles. The quantitative estimate of drug-likeness (QED) is 0.796. The van der Waals surface area contributed by atoms with E-state index in [2.05, 4.69) is 56.4 Å². The van der Waals surface area contributed by atoms with E-state index < -0.39 is 0 Å². The second-order valence-corrected chi connectivity index (χ2v) is 7.20. The van der Waals surface area contributed by atoms with Crippen LogP contribution >= 0.6 is 0 Å². The molecule has 1 aliphatic rings. The van der Waals surface area contributed by atoms with Gasteiger partial charge in [0, 0.05) is 13.1 Å². The summed E-state index contributed by atoms with van der Waals surface area (Å²) in [6, 6.07) is 10.5. The largest absolute Gasteiger partial charge is 0.378 e. The van der Waals surface area contributed by atoms with E-state index in [0.717, 1.165) is 19.4 Å². The zero-order chi connectivity index (χ0) is 17.4. The molecule has 1 amide bonds. The van der Waals surface area contributed by atoms with E-state index in [-0.39, 0.29) is 11.9 Å². The Morgan fingerprint density at radius 1 is 1.17 bits per heavy atom. The first-order chi connectivity index (χ1) is 11.6. The molecule has 0 aromatic heterocycles. The van der Waals surface area contributed by atoms with E-state index in [9.17, 15) is 4.79 Å². The maximum atomic E-state index is 12.7. The number of carbonyl (C=O) groups is 1. The highest BCUT2D eigenvalue weighted by Crippen LogP contribution is 2.12. The van der Waals surface area contributed by atoms with Gasteiger partial charge in [0.1, 0.15) is 0 Å². The van der Waals surface area contributed by atoms with Crippen LogP contribution in [-0.4, -0.2) is 49.7 Å². The number of amides is 1. The van der Waals surface area contributed by atoms with Gasteiger partial charge in [0.25, 0.3) is 0 Å². The molecular formula is C20H32N2O2. The maximum Gasteiger partial charge on any atom is 0.240 e. The molecule has 1 heterocycles. The number of hydrogen-bond donors (Lipinski definition) is 1. The van der Waals surface area contributed by atoms with Gasteiger partial charge in [-0.05, 0) is 36.8 Å². The Morgan fingerprint density at radius 2 is 1.83 bits per heavy atom. The van der Waals surface area contributed by atoms with Gasteiger partial charge in [-0.25, -0.2) is 0 Å². The average Bonchev–Trinajstić information content (AvgIpc) is 2.61. The molecule has 2 rings (SSSR count). The van der Waals surface area contributed by atoms with E-state index in [1.54, 1.807) is 0 Å². The van der Waals surface area contributed by atoms with Crippen molar-refractivity contribution in [3.05, 3.63) is 35.9 Å². The molecular weight excluding hydrogens is 300 g/mol. The topological polar surface area (TPSA) is 41.6 Å². The van der Waals surface area contributed by atoms with Crippen LogP contribution in [0.5, 0.6) is 0 Å². The van der Waals surface area contributed by atoms with Gasteiger partial charge < -0.3 is 15.0 Å². The van der Waals surface area contributed by atoms with Crippen LogP contribution in [-0.2, 0) is 16.0 Å². The summed E-state index contributed by atoms with van der Waals surface area (Å²) < 4.78 is 5.35. The van der Waals surface area contributed by atoms with E-state index in [1.807, 2.05) is 4.90 Å². The van der Waals surface area contributed by atoms with Crippen LogP contribution in [0.15, 0.2) is 30.3 Å². The normalized spacial score (nSPS) is 17.8. The monoisotopic (exact) mass is 332 g/mol. The number of nitrogens with one attached hydrogen (secondary N) is 1. The van der Waals surface area contributed by atoms with E-state index >= 15 is 0 Å². The Balaban J connectivity index is 1.78. The summed E-state index contributed by atoms with van der Waals surface area (Å²) in [4.78, 5) is 14.7. The van der Waals surface area contributed by atoms with Gasteiger partial charge in [-0.2, -0.15) is 0 Å². The third-order valence-corrected chi connectivity index (χ3v) is 4.71. The molecule has 1 aromatic carbocycles. The number of carbonyl (C=O) groups excluding carboxylic acids is 1. The van der Waals surface area contributed by atoms with Crippen molar-refractivity contribution in [3.63, 3.8) is 0 Å². The van der Waals surface area contributed by atoms with Crippen LogP contribution in [0.25, 0.3) is 0 Å². The Labute approximate surface area is 146 Å². The molecule has 0 bridgehead atoms. The van der Waals surface area contributed by atoms with Crippen molar-refractivity contribution >= 4 is 5.91 Å². The third kappa shape index (κ3) is 5.91. The second kappa shape index (κ2) is 9.80. The van der Waals surface area contributed by atoms with Crippen molar-refractivity contribution in [3.8, 4) is 0 Å². The summed E-state index contributed by atoms with van der Waals surface area (Å²) in [7, 11) is 0. The molecule has 0 unspecified atom stereocenters. The van der Waals surface area contributed by atoms with Crippen molar-refractivity contribution in [2.75, 3.05) is 32.8 Å². The first-order valence-electron chi connectivity index (χ1n) is 9.21. The van der Waals surface area contributed by atoms with Crippen molar-refractivity contribution in [1.82, 2.24) is 10.2 Å². The van der Waals surface area contributed by atoms with Gasteiger partial charge in [0.15, 0.2) is 0 Å². The number of rotatable bonds is 8. The number of nitrogens with zero attached hydrogens (tertiary/aromatic N) is 1. The molecule has 0 spiro atoms. The molecule has 1 aromatic rings. The first kappa shape index (κ1) is 18.9. The number of ether oxygens (including phenoxy) is 1. The SMILES string of the molecule is CC(C)[C@H](NC[C@@H](C)CCc1ccccc1)C(=O)N1CCOCC1. The lowest BCUT2D eigenvalue weighted by Crippen LogP contribution is -2.53. The number of benzene rings is 1. The van der Waals surface area contributed by atoms with Gasteiger partial charge in [-0.15, -0.1) is 0 Å². The molecule has 0 saturated carbocycles. The first-order valence-corrected chi connectivity index (χ1v) is 9.21. The summed E-state index contributed by atoms with van der Waals surface area (Å²) >= 11 is 0. The van der Waals surface area contributed by atoms with Gasteiger partial charge >= 0.3 is 0 Å². The molecule has 1 N–H and O–H groups in total. The fourth-order valence-corrected chi connectivity index (χ4v) is 3.08. The minimum atomic E-state index is -0.0951. The van der Waals surface area contributed by atoms with Crippen molar-refractivity contribution in [2.45, 2.75) is 39.7 Å². The van der Waals surface area contributed by atoms with Crippen LogP contribution < -0.4 is 5.32 Å². The highest BCUT2D eigenvalue weighted by Gasteiger charge is 2.28. The highest BCUT2D eigenvalue weighted by atomic mass is 16.5. The average molecular weight is 332 g/mol. The Morgan fingerprint density at radius 3 is 2.46 bits per heavy atom. The van der Waals surface area contributed by atoms with E-state index in [0.29, 0.717) is 38.1 Å². The van der Waals surface area contributed by atoms with Crippen LogP contribution in [0, 0.1) is 11.8 Å². The molecule has 134 valence electrons. The van der Waals surface area contributed by atoms with Gasteiger partial charge in [0.05, 0.1) is 19.3 Å². The summed E-state index contributed by atoms with van der Waals surface area (Å²) in [6.45, 7) is 10.1. The minimum absolute atomic E-state index is 0.0951. The maximum absolute atomic E-state index is 12.7. The lowest BCUT2D eigenvalue weighted by Gasteiger charge is -2.32. The summed E-state index contributed by atoms with van der Waals surface area (Å²) in [5.41, 5.74) is 1.38. The van der Waals surface area contributed by atoms with E-state index in [4.69, 9.17) is 4.74 Å². The van der Waals surface area contributed by atoms with Crippen molar-refractivity contribution in [2.24, 2.45) is 11.8 Å². The second-order valence-electron chi connectivity index (χ2n) is 7.20. The molecule has 24 heavy (non-hydrogen) atoms. The number of morpholine rings is 1. The molecule has 4 heteroatoms. The molecule has 2 atom stereocenters. The summed E-state index contributed by atoms with van der Waals surface area (Å²) in [5.74, 6) is 1.06. The molecule has 4 nitrogen and oxygen atoms in total. The minimum Gasteiger partial charge on any atom is -0.378 e. The summed E-state index contributed by atoms with van der Waals surface area (Å²) in [5, 5.41) is 3.52. The van der Waals surface area contributed by atoms with Crippen LogP contribution in [0.2, 0.25) is 0 Å². The Bertz CT molecular complexity index is 484. The zero-order valence-electron chi connectivity index (χ0n) is 15.3. The Hall–Kier alpha value is -1.39. The molecule has 1 aliphatic heterocycles. The van der Waals surface area contributed by atoms with Crippen LogP contribution in [0.3, 0.4) is 0 Å². The van der Waals surface area contributed by atoms with Crippen LogP contribution in [0.4, 0.5) is 0 Å². The molecule has 1 fully saturated rings. The highest BCUT2D eigenvalue weighted by molar-refractivity contribution is 5.82. The van der Waals surface area contributed by atoms with Gasteiger partial charge in [-0.1, -0.05) is 51.1 Å². The fourth-order valence-electron chi connectivity index (χ4n) is 3.08. The number of hydrogen-bond acceptors (Lipinski definition) is 3. The number of aryl methyl sites for hydroxylation is 1. The summed E-state index contributed by atoms with van der Waals surface area (Å²) in [6.07, 6.45) is 2.22. The van der Waals surface area contributed by atoms with Crippen molar-refractivity contribution < 1.29 is 9.53 Å². The standard InChI is InChI=1S/C20H32N2O2/c1-16(2)19(20(23)22-11-13-24-14-12-22)21-15-17(3)9-10-18-7-5-4-6-8-18/h4-8,16-17,19,21H,9-15H2,1-3H3/t17-,19-/m0/s1. The van der Waals surface area contributed by atoms with Crippen molar-refractivity contribution in [1.29, 1.82) is 0 Å². The van der Waals surface area contributed by atoms with Gasteiger partial charge in [-0.3, -0.25) is 4.79 Å². The molecule has 0 radical (unpaired) electrons. The predicted molar refractivity (Wildman–Crippen MR) is 98.0 cm³/mol. The van der Waals surface area contributed by atoms with Gasteiger partial charge in [0.2, 0.25) is 5.91 Å². The fraction of sp³-hybridized carbons (Fsp3) is 0.650. The Kier molecular flexibility index (Phi) is 7.73. The predicted octanol–water partition coefficient (Wildman–Crippen LogP) is 2.73. The molecule has 0 aliphatic carbocycles. The zero-order valence-corrected chi connectivity index (χ0v) is 15.3. The van der Waals surface area contributed by atoms with E-state index in [1.165, 1.54) is 5.56 Å². The lowest BCUT2D eigenvalue weighted by atomic mass is 9.98. The smallest absolute Gasteiger partial charge is 0.240 e. The van der Waals surface area contributed by atoms with Crippen LogP contribution in [0.1, 0.15) is 32.8 Å². The lowest BCUT2D eigenvalue weighted by molar-refractivity contribution is -0.138.